The second-order valence-electron chi connectivity index (χ2n) is 4.81. The molecule has 98 valence electrons. The van der Waals surface area contributed by atoms with Gasteiger partial charge in [0.25, 0.3) is 5.91 Å². The number of halogens is 1. The summed E-state index contributed by atoms with van der Waals surface area (Å²) < 4.78 is 5.43. The predicted octanol–water partition coefficient (Wildman–Crippen LogP) is 2.54. The van der Waals surface area contributed by atoms with Gasteiger partial charge in [-0.3, -0.25) is 4.79 Å². The lowest BCUT2D eigenvalue weighted by Crippen LogP contribution is -2.39. The highest BCUT2D eigenvalue weighted by Gasteiger charge is 2.29. The van der Waals surface area contributed by atoms with Gasteiger partial charge < -0.3 is 9.64 Å². The summed E-state index contributed by atoms with van der Waals surface area (Å²) in [4.78, 5) is 13.6. The standard InChI is InChI=1S/C14H18ClNO2/c1-16(9-11-7-12(15)8-11)14(17)10-18-13-5-3-2-4-6-13/h2-6,11-12H,7-10H2,1H3. The van der Waals surface area contributed by atoms with Crippen LogP contribution in [0.15, 0.2) is 30.3 Å². The lowest BCUT2D eigenvalue weighted by atomic mass is 9.84. The molecule has 0 radical (unpaired) electrons. The maximum Gasteiger partial charge on any atom is 0.260 e. The Bertz CT molecular complexity index is 390. The number of carbonyl (C=O) groups is 1. The lowest BCUT2D eigenvalue weighted by molar-refractivity contribution is -0.132. The molecule has 18 heavy (non-hydrogen) atoms. The molecule has 0 aliphatic heterocycles. The molecule has 0 atom stereocenters. The van der Waals surface area contributed by atoms with Crippen LogP contribution in [0, 0.1) is 5.92 Å². The molecule has 0 spiro atoms. The Labute approximate surface area is 113 Å². The summed E-state index contributed by atoms with van der Waals surface area (Å²) >= 11 is 5.92. The van der Waals surface area contributed by atoms with Crippen molar-refractivity contribution in [1.82, 2.24) is 4.90 Å². The summed E-state index contributed by atoms with van der Waals surface area (Å²) in [5, 5.41) is 0.305. The van der Waals surface area contributed by atoms with Crippen LogP contribution in [0.1, 0.15) is 12.8 Å². The van der Waals surface area contributed by atoms with E-state index in [2.05, 4.69) is 0 Å². The molecule has 0 aromatic heterocycles. The third-order valence-corrected chi connectivity index (χ3v) is 3.60. The van der Waals surface area contributed by atoms with Gasteiger partial charge in [-0.25, -0.2) is 0 Å². The first-order valence-corrected chi connectivity index (χ1v) is 6.64. The highest BCUT2D eigenvalue weighted by Crippen LogP contribution is 2.32. The van der Waals surface area contributed by atoms with Crippen molar-refractivity contribution in [3.63, 3.8) is 0 Å². The largest absolute Gasteiger partial charge is 0.484 e. The summed E-state index contributed by atoms with van der Waals surface area (Å²) in [5.74, 6) is 1.29. The molecule has 4 heteroatoms. The van der Waals surface area contributed by atoms with Crippen LogP contribution in [0.5, 0.6) is 5.75 Å². The fourth-order valence-electron chi connectivity index (χ4n) is 2.06. The number of carbonyl (C=O) groups excluding carboxylic acids is 1. The number of hydrogen-bond acceptors (Lipinski definition) is 2. The molecule has 3 nitrogen and oxygen atoms in total. The molecule has 0 saturated heterocycles. The third kappa shape index (κ3) is 3.64. The van der Waals surface area contributed by atoms with E-state index in [1.165, 1.54) is 0 Å². The van der Waals surface area contributed by atoms with Crippen LogP contribution in [-0.2, 0) is 4.79 Å². The van der Waals surface area contributed by atoms with Crippen LogP contribution in [0.25, 0.3) is 0 Å². The average molecular weight is 268 g/mol. The first kappa shape index (κ1) is 13.2. The smallest absolute Gasteiger partial charge is 0.260 e. The van der Waals surface area contributed by atoms with Crippen LogP contribution < -0.4 is 4.74 Å². The van der Waals surface area contributed by atoms with Crippen molar-refractivity contribution in [2.75, 3.05) is 20.2 Å². The van der Waals surface area contributed by atoms with Crippen molar-refractivity contribution < 1.29 is 9.53 Å². The summed E-state index contributed by atoms with van der Waals surface area (Å²) in [6, 6.07) is 9.38. The zero-order chi connectivity index (χ0) is 13.0. The number of nitrogens with zero attached hydrogens (tertiary/aromatic N) is 1. The minimum Gasteiger partial charge on any atom is -0.484 e. The number of alkyl halides is 1. The van der Waals surface area contributed by atoms with Crippen LogP contribution in [0.2, 0.25) is 0 Å². The molecule has 1 aromatic carbocycles. The quantitative estimate of drug-likeness (QED) is 0.768. The van der Waals surface area contributed by atoms with Crippen molar-refractivity contribution >= 4 is 17.5 Å². The van der Waals surface area contributed by atoms with Gasteiger partial charge in [-0.2, -0.15) is 0 Å². The Morgan fingerprint density at radius 1 is 1.39 bits per heavy atom. The molecule has 2 rings (SSSR count). The van der Waals surface area contributed by atoms with Gasteiger partial charge in [0.1, 0.15) is 5.75 Å². The first-order chi connectivity index (χ1) is 8.65. The van der Waals surface area contributed by atoms with E-state index in [1.807, 2.05) is 37.4 Å². The SMILES string of the molecule is CN(CC1CC(Cl)C1)C(=O)COc1ccccc1. The first-order valence-electron chi connectivity index (χ1n) is 6.21. The molecule has 1 fully saturated rings. The Kier molecular flexibility index (Phi) is 4.48. The molecular formula is C14H18ClNO2. The fourth-order valence-corrected chi connectivity index (χ4v) is 2.57. The number of rotatable bonds is 5. The van der Waals surface area contributed by atoms with E-state index in [4.69, 9.17) is 16.3 Å². The maximum atomic E-state index is 11.8. The summed E-state index contributed by atoms with van der Waals surface area (Å²) in [7, 11) is 1.82. The third-order valence-electron chi connectivity index (χ3n) is 3.24. The van der Waals surface area contributed by atoms with Crippen molar-refractivity contribution in [1.29, 1.82) is 0 Å². The maximum absolute atomic E-state index is 11.8. The number of benzene rings is 1. The number of hydrogen-bond donors (Lipinski definition) is 0. The number of ether oxygens (including phenoxy) is 1. The van der Waals surface area contributed by atoms with Gasteiger partial charge >= 0.3 is 0 Å². The minimum absolute atomic E-state index is 0.0110. The molecular weight excluding hydrogens is 250 g/mol. The molecule has 1 amide bonds. The van der Waals surface area contributed by atoms with Gasteiger partial charge in [0.15, 0.2) is 6.61 Å². The molecule has 0 bridgehead atoms. The number of amides is 1. The van der Waals surface area contributed by atoms with Crippen molar-refractivity contribution in [3.8, 4) is 5.75 Å². The van der Waals surface area contributed by atoms with E-state index in [9.17, 15) is 4.79 Å². The van der Waals surface area contributed by atoms with Crippen LogP contribution >= 0.6 is 11.6 Å². The Morgan fingerprint density at radius 3 is 2.67 bits per heavy atom. The Hall–Kier alpha value is -1.22. The minimum atomic E-state index is 0.0110. The van der Waals surface area contributed by atoms with Gasteiger partial charge in [0.05, 0.1) is 0 Å². The van der Waals surface area contributed by atoms with E-state index in [1.54, 1.807) is 4.90 Å². The summed E-state index contributed by atoms with van der Waals surface area (Å²) in [5.41, 5.74) is 0. The molecule has 1 aliphatic rings. The van der Waals surface area contributed by atoms with Crippen molar-refractivity contribution in [2.45, 2.75) is 18.2 Å². The van der Waals surface area contributed by atoms with E-state index in [-0.39, 0.29) is 12.5 Å². The van der Waals surface area contributed by atoms with E-state index in [0.717, 1.165) is 25.1 Å². The zero-order valence-corrected chi connectivity index (χ0v) is 11.3. The van der Waals surface area contributed by atoms with Crippen LogP contribution in [-0.4, -0.2) is 36.4 Å². The monoisotopic (exact) mass is 267 g/mol. The molecule has 1 saturated carbocycles. The normalized spacial score (nSPS) is 22.1. The topological polar surface area (TPSA) is 29.5 Å². The van der Waals surface area contributed by atoms with Crippen molar-refractivity contribution in [3.05, 3.63) is 30.3 Å². The molecule has 1 aliphatic carbocycles. The second kappa shape index (κ2) is 6.10. The van der Waals surface area contributed by atoms with Gasteiger partial charge in [0.2, 0.25) is 0 Å². The summed E-state index contributed by atoms with van der Waals surface area (Å²) in [6.45, 7) is 0.873. The van der Waals surface area contributed by atoms with Gasteiger partial charge in [-0.05, 0) is 30.9 Å². The van der Waals surface area contributed by atoms with Crippen LogP contribution in [0.4, 0.5) is 0 Å². The predicted molar refractivity (Wildman–Crippen MR) is 71.9 cm³/mol. The van der Waals surface area contributed by atoms with Gasteiger partial charge in [0, 0.05) is 19.0 Å². The van der Waals surface area contributed by atoms with Gasteiger partial charge in [-0.15, -0.1) is 11.6 Å². The highest BCUT2D eigenvalue weighted by molar-refractivity contribution is 6.21. The number of likely N-dealkylation sites (N-methyl/N-ethyl adjacent to an activating group) is 1. The number of para-hydroxylation sites is 1. The lowest BCUT2D eigenvalue weighted by Gasteiger charge is -2.34. The van der Waals surface area contributed by atoms with E-state index in [0.29, 0.717) is 11.3 Å². The fraction of sp³-hybridized carbons (Fsp3) is 0.500. The molecule has 1 aromatic rings. The van der Waals surface area contributed by atoms with Crippen molar-refractivity contribution in [2.24, 2.45) is 5.92 Å². The highest BCUT2D eigenvalue weighted by atomic mass is 35.5. The Morgan fingerprint density at radius 2 is 2.06 bits per heavy atom. The van der Waals surface area contributed by atoms with E-state index >= 15 is 0 Å². The zero-order valence-electron chi connectivity index (χ0n) is 10.5. The van der Waals surface area contributed by atoms with Crippen LogP contribution in [0.3, 0.4) is 0 Å². The summed E-state index contributed by atoms with van der Waals surface area (Å²) in [6.07, 6.45) is 2.03. The van der Waals surface area contributed by atoms with E-state index < -0.39 is 0 Å². The van der Waals surface area contributed by atoms with Gasteiger partial charge in [-0.1, -0.05) is 18.2 Å². The molecule has 0 N–H and O–H groups in total. The average Bonchev–Trinajstić information content (AvgIpc) is 2.35. The molecule has 0 unspecified atom stereocenters. The molecule has 0 heterocycles. The Balaban J connectivity index is 1.71. The second-order valence-corrected chi connectivity index (χ2v) is 5.43.